The molecule has 0 heterocycles. The number of carboxylic acids is 1. The van der Waals surface area contributed by atoms with E-state index in [9.17, 15) is 24.3 Å². The van der Waals surface area contributed by atoms with Crippen molar-refractivity contribution in [1.82, 2.24) is 5.32 Å². The Balaban J connectivity index is 2.86. The molecule has 1 unspecified atom stereocenters. The smallest absolute Gasteiger partial charge is 0.480 e. The molecule has 0 bridgehead atoms. The van der Waals surface area contributed by atoms with Gasteiger partial charge in [0, 0.05) is 6.54 Å². The molecule has 0 aliphatic carbocycles. The molecular weight excluding hydrogens is 454 g/mol. The van der Waals surface area contributed by atoms with Crippen LogP contribution in [0.5, 0.6) is 11.5 Å². The SMILES string of the molecule is CCC(C)(C)OC(=O)OC(C)CN[C@@H](Cc1ccc(OC(=O)OC)c(OC(=O)OC)c1)C(=O)O. The van der Waals surface area contributed by atoms with Gasteiger partial charge < -0.3 is 38.8 Å². The molecular formula is C22H31NO11. The second kappa shape index (κ2) is 13.2. The lowest BCUT2D eigenvalue weighted by atomic mass is 10.0. The van der Waals surface area contributed by atoms with Gasteiger partial charge in [0.1, 0.15) is 17.7 Å². The van der Waals surface area contributed by atoms with Gasteiger partial charge in [-0.25, -0.2) is 14.4 Å². The largest absolute Gasteiger partial charge is 0.513 e. The first-order chi connectivity index (χ1) is 15.9. The highest BCUT2D eigenvalue weighted by Gasteiger charge is 2.25. The van der Waals surface area contributed by atoms with Crippen molar-refractivity contribution in [3.63, 3.8) is 0 Å². The first-order valence-corrected chi connectivity index (χ1v) is 10.4. The Kier molecular flexibility index (Phi) is 11.1. The zero-order chi connectivity index (χ0) is 25.9. The lowest BCUT2D eigenvalue weighted by Gasteiger charge is -2.24. The molecule has 0 aliphatic rings. The normalized spacial score (nSPS) is 12.6. The Labute approximate surface area is 197 Å². The first kappa shape index (κ1) is 28.5. The number of carbonyl (C=O) groups is 4. The molecule has 34 heavy (non-hydrogen) atoms. The molecule has 0 spiro atoms. The van der Waals surface area contributed by atoms with Gasteiger partial charge in [0.15, 0.2) is 11.5 Å². The van der Waals surface area contributed by atoms with E-state index in [0.717, 1.165) is 14.2 Å². The van der Waals surface area contributed by atoms with Gasteiger partial charge in [0.25, 0.3) is 0 Å². The molecule has 1 aromatic carbocycles. The number of hydrogen-bond acceptors (Lipinski definition) is 11. The predicted molar refractivity (Wildman–Crippen MR) is 117 cm³/mol. The zero-order valence-corrected chi connectivity index (χ0v) is 20.0. The van der Waals surface area contributed by atoms with Crippen molar-refractivity contribution in [2.75, 3.05) is 20.8 Å². The molecule has 2 N–H and O–H groups in total. The van der Waals surface area contributed by atoms with Gasteiger partial charge in [-0.2, -0.15) is 0 Å². The number of hydrogen-bond donors (Lipinski definition) is 2. The van der Waals surface area contributed by atoms with E-state index >= 15 is 0 Å². The summed E-state index contributed by atoms with van der Waals surface area (Å²) < 4.78 is 29.1. The molecule has 0 aromatic heterocycles. The van der Waals surface area contributed by atoms with Crippen LogP contribution in [0.4, 0.5) is 14.4 Å². The van der Waals surface area contributed by atoms with Crippen LogP contribution >= 0.6 is 0 Å². The van der Waals surface area contributed by atoms with Crippen LogP contribution in [0.25, 0.3) is 0 Å². The fourth-order valence-corrected chi connectivity index (χ4v) is 2.42. The molecule has 0 aliphatic heterocycles. The Bertz CT molecular complexity index is 868. The van der Waals surface area contributed by atoms with Gasteiger partial charge in [-0.3, -0.25) is 4.79 Å². The minimum absolute atomic E-state index is 0.0354. The van der Waals surface area contributed by atoms with Crippen molar-refractivity contribution in [3.8, 4) is 11.5 Å². The Morgan fingerprint density at radius 2 is 1.59 bits per heavy atom. The van der Waals surface area contributed by atoms with E-state index in [2.05, 4.69) is 14.8 Å². The maximum atomic E-state index is 11.9. The predicted octanol–water partition coefficient (Wildman–Crippen LogP) is 3.29. The quantitative estimate of drug-likeness (QED) is 0.268. The Morgan fingerprint density at radius 3 is 2.12 bits per heavy atom. The minimum Gasteiger partial charge on any atom is -0.480 e. The van der Waals surface area contributed by atoms with Crippen molar-refractivity contribution in [1.29, 1.82) is 0 Å². The van der Waals surface area contributed by atoms with Gasteiger partial charge in [0.05, 0.1) is 14.2 Å². The Morgan fingerprint density at radius 1 is 1.00 bits per heavy atom. The number of aliphatic carboxylic acids is 1. The number of rotatable bonds is 11. The summed E-state index contributed by atoms with van der Waals surface area (Å²) in [6.07, 6.45) is -3.06. The highest BCUT2D eigenvalue weighted by atomic mass is 16.7. The minimum atomic E-state index is -1.16. The molecule has 190 valence electrons. The second-order valence-corrected chi connectivity index (χ2v) is 7.79. The summed E-state index contributed by atoms with van der Waals surface area (Å²) in [4.78, 5) is 46.6. The van der Waals surface area contributed by atoms with E-state index in [-0.39, 0.29) is 24.5 Å². The topological polar surface area (TPSA) is 156 Å². The maximum Gasteiger partial charge on any atom is 0.513 e. The van der Waals surface area contributed by atoms with Gasteiger partial charge >= 0.3 is 24.4 Å². The molecule has 0 radical (unpaired) electrons. The average Bonchev–Trinajstić information content (AvgIpc) is 2.77. The van der Waals surface area contributed by atoms with Crippen molar-refractivity contribution in [2.45, 2.75) is 58.3 Å². The van der Waals surface area contributed by atoms with Crippen molar-refractivity contribution in [3.05, 3.63) is 23.8 Å². The van der Waals surface area contributed by atoms with E-state index in [0.29, 0.717) is 12.0 Å². The van der Waals surface area contributed by atoms with E-state index in [1.807, 2.05) is 6.92 Å². The summed E-state index contributed by atoms with van der Waals surface area (Å²) in [5.74, 6) is -1.46. The van der Waals surface area contributed by atoms with Crippen LogP contribution in [-0.2, 0) is 30.2 Å². The zero-order valence-electron chi connectivity index (χ0n) is 20.0. The van der Waals surface area contributed by atoms with Gasteiger partial charge in [-0.15, -0.1) is 0 Å². The third-order valence-corrected chi connectivity index (χ3v) is 4.63. The lowest BCUT2D eigenvalue weighted by Crippen LogP contribution is -2.43. The summed E-state index contributed by atoms with van der Waals surface area (Å²) in [6.45, 7) is 6.99. The van der Waals surface area contributed by atoms with Gasteiger partial charge in [-0.05, 0) is 51.3 Å². The van der Waals surface area contributed by atoms with E-state index in [1.54, 1.807) is 20.8 Å². The summed E-state index contributed by atoms with van der Waals surface area (Å²) in [6, 6.07) is 3.06. The van der Waals surface area contributed by atoms with Gasteiger partial charge in [0.2, 0.25) is 0 Å². The van der Waals surface area contributed by atoms with Crippen LogP contribution in [-0.4, -0.2) is 68.1 Å². The van der Waals surface area contributed by atoms with Crippen LogP contribution < -0.4 is 14.8 Å². The highest BCUT2D eigenvalue weighted by molar-refractivity contribution is 5.74. The van der Waals surface area contributed by atoms with Crippen molar-refractivity contribution >= 4 is 24.4 Å². The number of benzene rings is 1. The Hall–Kier alpha value is -3.54. The number of methoxy groups -OCH3 is 2. The molecule has 0 saturated heterocycles. The highest BCUT2D eigenvalue weighted by Crippen LogP contribution is 2.30. The molecule has 1 aromatic rings. The lowest BCUT2D eigenvalue weighted by molar-refractivity contribution is -0.139. The van der Waals surface area contributed by atoms with Crippen LogP contribution in [0, 0.1) is 0 Å². The molecule has 0 fully saturated rings. The summed E-state index contributed by atoms with van der Waals surface area (Å²) in [7, 11) is 2.20. The summed E-state index contributed by atoms with van der Waals surface area (Å²) in [5, 5.41) is 12.4. The standard InChI is InChI=1S/C22H31NO11/c1-7-22(3,4)34-21(28)31-13(2)12-23-15(18(24)25)10-14-8-9-16(32-19(26)29-5)17(11-14)33-20(27)30-6/h8-9,11,13,15,23H,7,10,12H2,1-6H3,(H,24,25)/t13?,15-/m0/s1. The molecule has 0 saturated carbocycles. The van der Waals surface area contributed by atoms with Crippen LogP contribution in [0.15, 0.2) is 18.2 Å². The number of carboxylic acid groups (broad SMARTS) is 1. The van der Waals surface area contributed by atoms with E-state index < -0.39 is 42.2 Å². The van der Waals surface area contributed by atoms with Crippen molar-refractivity contribution < 1.29 is 52.7 Å². The maximum absolute atomic E-state index is 11.9. The van der Waals surface area contributed by atoms with Crippen LogP contribution in [0.3, 0.4) is 0 Å². The first-order valence-electron chi connectivity index (χ1n) is 10.4. The van der Waals surface area contributed by atoms with Gasteiger partial charge in [-0.1, -0.05) is 13.0 Å². The summed E-state index contributed by atoms with van der Waals surface area (Å²) >= 11 is 0. The van der Waals surface area contributed by atoms with E-state index in [4.69, 9.17) is 18.9 Å². The molecule has 2 atom stereocenters. The van der Waals surface area contributed by atoms with Crippen LogP contribution in [0.2, 0.25) is 0 Å². The number of nitrogens with one attached hydrogen (secondary N) is 1. The molecule has 12 heteroatoms. The average molecular weight is 485 g/mol. The fraction of sp³-hybridized carbons (Fsp3) is 0.545. The van der Waals surface area contributed by atoms with Crippen LogP contribution in [0.1, 0.15) is 39.7 Å². The fourth-order valence-electron chi connectivity index (χ4n) is 2.42. The second-order valence-electron chi connectivity index (χ2n) is 7.79. The molecule has 1 rings (SSSR count). The molecule has 12 nitrogen and oxygen atoms in total. The third-order valence-electron chi connectivity index (χ3n) is 4.63. The molecule has 0 amide bonds. The van der Waals surface area contributed by atoms with E-state index in [1.165, 1.54) is 18.2 Å². The van der Waals surface area contributed by atoms with Crippen molar-refractivity contribution in [2.24, 2.45) is 0 Å². The monoisotopic (exact) mass is 485 g/mol. The summed E-state index contributed by atoms with van der Waals surface area (Å²) in [5.41, 5.74) is -0.240. The third kappa shape index (κ3) is 9.94. The number of ether oxygens (including phenoxy) is 6. The number of carbonyl (C=O) groups excluding carboxylic acids is 3.